The molecule has 3 aromatic rings. The predicted octanol–water partition coefficient (Wildman–Crippen LogP) is 5.29. The van der Waals surface area contributed by atoms with Gasteiger partial charge in [-0.05, 0) is 43.2 Å². The fraction of sp³-hybridized carbons (Fsp3) is 0.115. The molecular weight excluding hydrogens is 432 g/mol. The van der Waals surface area contributed by atoms with E-state index in [2.05, 4.69) is 21.6 Å². The molecule has 0 aliphatic rings. The number of aliphatic imine (C=N–C) groups is 1. The molecule has 0 spiro atoms. The molecule has 0 saturated heterocycles. The lowest BCUT2D eigenvalue weighted by Gasteiger charge is -2.18. The van der Waals surface area contributed by atoms with Crippen molar-refractivity contribution in [2.45, 2.75) is 18.7 Å². The van der Waals surface area contributed by atoms with Crippen molar-refractivity contribution < 1.29 is 9.29 Å². The second-order valence-electron chi connectivity index (χ2n) is 7.35. The minimum atomic E-state index is -1.53. The number of allylic oxidation sites excluding steroid dienone is 1. The molecule has 0 aromatic heterocycles. The number of nitrogens with two attached hydrogens (primary N) is 1. The van der Waals surface area contributed by atoms with Crippen LogP contribution >= 0.6 is 0 Å². The number of anilines is 2. The van der Waals surface area contributed by atoms with Gasteiger partial charge in [0.15, 0.2) is 5.75 Å². The fourth-order valence-corrected chi connectivity index (χ4v) is 4.33. The van der Waals surface area contributed by atoms with Crippen molar-refractivity contribution in [3.05, 3.63) is 108 Å². The molecule has 7 heteroatoms. The van der Waals surface area contributed by atoms with Crippen LogP contribution in [0, 0.1) is 13.8 Å². The van der Waals surface area contributed by atoms with Gasteiger partial charge in [-0.25, -0.2) is 9.71 Å². The van der Waals surface area contributed by atoms with Gasteiger partial charge >= 0.3 is 0 Å². The van der Waals surface area contributed by atoms with Crippen LogP contribution in [-0.4, -0.2) is 17.5 Å². The normalized spacial score (nSPS) is 12.4. The first kappa shape index (κ1) is 24.0. The number of methoxy groups -OCH3 is 1. The zero-order valence-electron chi connectivity index (χ0n) is 19.0. The van der Waals surface area contributed by atoms with Gasteiger partial charge < -0.3 is 20.3 Å². The van der Waals surface area contributed by atoms with Gasteiger partial charge in [-0.2, -0.15) is 0 Å². The standard InChI is InChI=1S/C26H28N4O2S/c1-18-9-8-10-19(2)25(18)30-33(31)24-17-22(13-14-23(24)32-4)29-20(3)15-16-28-26(27)21-11-6-5-7-12-21/h5-17,29-30H,3H2,1-2,4H3,(H2,27,28)/b16-15+. The lowest BCUT2D eigenvalue weighted by atomic mass is 10.1. The van der Waals surface area contributed by atoms with Crippen molar-refractivity contribution >= 4 is 28.6 Å². The molecule has 0 radical (unpaired) electrons. The highest BCUT2D eigenvalue weighted by molar-refractivity contribution is 7.92. The molecular formula is C26H28N4O2S. The molecule has 0 heterocycles. The number of hydrogen-bond donors (Lipinski definition) is 3. The quantitative estimate of drug-likeness (QED) is 0.175. The summed E-state index contributed by atoms with van der Waals surface area (Å²) < 4.78 is 21.7. The summed E-state index contributed by atoms with van der Waals surface area (Å²) in [6.45, 7) is 7.95. The van der Waals surface area contributed by atoms with Crippen LogP contribution < -0.4 is 20.5 Å². The maximum absolute atomic E-state index is 13.1. The Hall–Kier alpha value is -3.68. The highest BCUT2D eigenvalue weighted by atomic mass is 32.2. The third-order valence-electron chi connectivity index (χ3n) is 4.90. The van der Waals surface area contributed by atoms with Crippen molar-refractivity contribution in [1.82, 2.24) is 0 Å². The van der Waals surface area contributed by atoms with E-state index in [0.717, 1.165) is 28.1 Å². The van der Waals surface area contributed by atoms with E-state index in [-0.39, 0.29) is 0 Å². The number of hydrogen-bond acceptors (Lipinski definition) is 5. The number of ether oxygens (including phenoxy) is 1. The van der Waals surface area contributed by atoms with E-state index in [9.17, 15) is 4.55 Å². The molecule has 3 rings (SSSR count). The van der Waals surface area contributed by atoms with Crippen LogP contribution in [0.2, 0.25) is 0 Å². The summed E-state index contributed by atoms with van der Waals surface area (Å²) in [4.78, 5) is 4.77. The van der Waals surface area contributed by atoms with Gasteiger partial charge in [-0.15, -0.1) is 0 Å². The summed E-state index contributed by atoms with van der Waals surface area (Å²) >= 11 is -1.53. The van der Waals surface area contributed by atoms with Crippen molar-refractivity contribution in [2.75, 3.05) is 17.1 Å². The molecule has 0 amide bonds. The maximum atomic E-state index is 13.1. The number of rotatable bonds is 9. The average Bonchev–Trinajstić information content (AvgIpc) is 2.82. The summed E-state index contributed by atoms with van der Waals surface area (Å²) in [7, 11) is 1.55. The molecule has 0 saturated carbocycles. The Morgan fingerprint density at radius 1 is 1.06 bits per heavy atom. The van der Waals surface area contributed by atoms with Crippen LogP contribution in [-0.2, 0) is 11.4 Å². The second-order valence-corrected chi connectivity index (χ2v) is 8.53. The van der Waals surface area contributed by atoms with Crippen molar-refractivity contribution in [3.8, 4) is 5.75 Å². The number of para-hydroxylation sites is 1. The minimum absolute atomic E-state index is 0.416. The zero-order chi connectivity index (χ0) is 23.8. The molecule has 33 heavy (non-hydrogen) atoms. The van der Waals surface area contributed by atoms with Gasteiger partial charge in [-0.3, -0.25) is 0 Å². The van der Waals surface area contributed by atoms with Gasteiger partial charge in [-0.1, -0.05) is 55.1 Å². The molecule has 0 bridgehead atoms. The SMILES string of the molecule is C=C(/C=C/N=C(\N)c1ccccc1)Nc1ccc(OC)c([S+]([O-])Nc2c(C)cccc2C)c1. The van der Waals surface area contributed by atoms with Crippen molar-refractivity contribution in [2.24, 2.45) is 10.7 Å². The lowest BCUT2D eigenvalue weighted by molar-refractivity contribution is 0.403. The van der Waals surface area contributed by atoms with Gasteiger partial charge in [0.05, 0.1) is 12.8 Å². The summed E-state index contributed by atoms with van der Waals surface area (Å²) in [6, 6.07) is 20.8. The van der Waals surface area contributed by atoms with Gasteiger partial charge in [0.1, 0.15) is 17.2 Å². The second kappa shape index (κ2) is 11.3. The van der Waals surface area contributed by atoms with E-state index in [1.165, 1.54) is 0 Å². The predicted molar refractivity (Wildman–Crippen MR) is 138 cm³/mol. The highest BCUT2D eigenvalue weighted by Crippen LogP contribution is 2.31. The first-order valence-corrected chi connectivity index (χ1v) is 11.5. The van der Waals surface area contributed by atoms with Gasteiger partial charge in [0.25, 0.3) is 0 Å². The van der Waals surface area contributed by atoms with Crippen LogP contribution in [0.5, 0.6) is 5.75 Å². The maximum Gasteiger partial charge on any atom is 0.223 e. The zero-order valence-corrected chi connectivity index (χ0v) is 19.8. The number of nitrogens with zero attached hydrogens (tertiary/aromatic N) is 1. The third kappa shape index (κ3) is 6.41. The smallest absolute Gasteiger partial charge is 0.223 e. The molecule has 3 aromatic carbocycles. The van der Waals surface area contributed by atoms with Crippen LogP contribution in [0.1, 0.15) is 16.7 Å². The summed E-state index contributed by atoms with van der Waals surface area (Å²) in [5.74, 6) is 0.943. The Bertz CT molecular complexity index is 1160. The number of amidine groups is 1. The van der Waals surface area contributed by atoms with Crippen molar-refractivity contribution in [1.29, 1.82) is 0 Å². The molecule has 1 atom stereocenters. The highest BCUT2D eigenvalue weighted by Gasteiger charge is 2.20. The third-order valence-corrected chi connectivity index (χ3v) is 6.01. The Kier molecular flexibility index (Phi) is 8.18. The molecule has 4 N–H and O–H groups in total. The number of benzene rings is 3. The average molecular weight is 461 g/mol. The van der Waals surface area contributed by atoms with E-state index in [0.29, 0.717) is 22.2 Å². The molecule has 6 nitrogen and oxygen atoms in total. The summed E-state index contributed by atoms with van der Waals surface area (Å²) in [6.07, 6.45) is 3.30. The number of nitrogens with one attached hydrogen (secondary N) is 2. The Morgan fingerprint density at radius 2 is 1.76 bits per heavy atom. The minimum Gasteiger partial charge on any atom is -0.588 e. The Balaban J connectivity index is 1.73. The molecule has 0 fully saturated rings. The van der Waals surface area contributed by atoms with E-state index >= 15 is 0 Å². The van der Waals surface area contributed by atoms with E-state index in [1.54, 1.807) is 31.5 Å². The molecule has 1 unspecified atom stereocenters. The molecule has 0 aliphatic carbocycles. The lowest BCUT2D eigenvalue weighted by Crippen LogP contribution is -2.16. The van der Waals surface area contributed by atoms with Gasteiger partial charge in [0.2, 0.25) is 4.90 Å². The first-order chi connectivity index (χ1) is 15.9. The number of aryl methyl sites for hydroxylation is 2. The Morgan fingerprint density at radius 3 is 2.42 bits per heavy atom. The largest absolute Gasteiger partial charge is 0.588 e. The summed E-state index contributed by atoms with van der Waals surface area (Å²) in [5.41, 5.74) is 11.0. The van der Waals surface area contributed by atoms with Crippen LogP contribution in [0.3, 0.4) is 0 Å². The van der Waals surface area contributed by atoms with E-state index in [4.69, 9.17) is 10.5 Å². The Labute approximate surface area is 198 Å². The van der Waals surface area contributed by atoms with Crippen molar-refractivity contribution in [3.63, 3.8) is 0 Å². The van der Waals surface area contributed by atoms with Gasteiger partial charge in [0, 0.05) is 29.2 Å². The summed E-state index contributed by atoms with van der Waals surface area (Å²) in [5, 5.41) is 3.18. The monoisotopic (exact) mass is 460 g/mol. The topological polar surface area (TPSA) is 94.7 Å². The fourth-order valence-electron chi connectivity index (χ4n) is 3.14. The van der Waals surface area contributed by atoms with E-state index < -0.39 is 11.4 Å². The van der Waals surface area contributed by atoms with Crippen LogP contribution in [0.25, 0.3) is 0 Å². The molecule has 0 aliphatic heterocycles. The van der Waals surface area contributed by atoms with Crippen LogP contribution in [0.15, 0.2) is 101 Å². The van der Waals surface area contributed by atoms with E-state index in [1.807, 2.05) is 68.4 Å². The van der Waals surface area contributed by atoms with Crippen LogP contribution in [0.4, 0.5) is 11.4 Å². The first-order valence-electron chi connectivity index (χ1n) is 10.3. The molecule has 170 valence electrons.